The van der Waals surface area contributed by atoms with E-state index in [1.165, 1.54) is 29.5 Å². The topological polar surface area (TPSA) is 3.24 Å². The molecule has 5 rings (SSSR count). The Morgan fingerprint density at radius 3 is 2.03 bits per heavy atom. The summed E-state index contributed by atoms with van der Waals surface area (Å²) < 4.78 is 27.2. The van der Waals surface area contributed by atoms with Crippen LogP contribution in [0.15, 0.2) is 78.9 Å². The smallest absolute Gasteiger partial charge is 0.123 e. The number of hydrogen-bond acceptors (Lipinski definition) is 1. The second-order valence-corrected chi connectivity index (χ2v) is 8.74. The van der Waals surface area contributed by atoms with Crippen molar-refractivity contribution in [2.45, 2.75) is 49.6 Å². The summed E-state index contributed by atoms with van der Waals surface area (Å²) in [6, 6.07) is 25.7. The molecule has 154 valence electrons. The van der Waals surface area contributed by atoms with E-state index in [-0.39, 0.29) is 11.6 Å². The van der Waals surface area contributed by atoms with Crippen LogP contribution in [0.4, 0.5) is 8.78 Å². The maximum absolute atomic E-state index is 13.6. The number of fused-ring (bicyclic) bond motifs is 2. The van der Waals surface area contributed by atoms with Crippen molar-refractivity contribution < 1.29 is 8.78 Å². The van der Waals surface area contributed by atoms with E-state index in [2.05, 4.69) is 35.2 Å². The number of hydrogen-bond donors (Lipinski definition) is 0. The molecule has 2 bridgehead atoms. The number of benzene rings is 3. The molecule has 0 spiro atoms. The first-order valence-corrected chi connectivity index (χ1v) is 11.0. The summed E-state index contributed by atoms with van der Waals surface area (Å²) in [5, 5.41) is 0. The van der Waals surface area contributed by atoms with Crippen LogP contribution in [0.2, 0.25) is 0 Å². The van der Waals surface area contributed by atoms with Gasteiger partial charge in [0.1, 0.15) is 11.6 Å². The van der Waals surface area contributed by atoms with Crippen LogP contribution in [0.3, 0.4) is 0 Å². The molecule has 0 radical (unpaired) electrons. The molecule has 2 aliphatic rings. The van der Waals surface area contributed by atoms with Crippen LogP contribution in [0.1, 0.15) is 47.8 Å². The van der Waals surface area contributed by atoms with Crippen molar-refractivity contribution in [2.24, 2.45) is 0 Å². The molecule has 2 fully saturated rings. The summed E-state index contributed by atoms with van der Waals surface area (Å²) in [5.41, 5.74) is 3.77. The quantitative estimate of drug-likeness (QED) is 0.482. The highest BCUT2D eigenvalue weighted by Gasteiger charge is 2.47. The van der Waals surface area contributed by atoms with E-state index < -0.39 is 0 Å². The lowest BCUT2D eigenvalue weighted by molar-refractivity contribution is 0.107. The van der Waals surface area contributed by atoms with Gasteiger partial charge < -0.3 is 0 Å². The lowest BCUT2D eigenvalue weighted by Gasteiger charge is -2.45. The Balaban J connectivity index is 1.46. The van der Waals surface area contributed by atoms with E-state index in [0.29, 0.717) is 23.9 Å². The van der Waals surface area contributed by atoms with Gasteiger partial charge in [-0.05, 0) is 72.6 Å². The van der Waals surface area contributed by atoms with Gasteiger partial charge in [-0.1, -0.05) is 54.6 Å². The molecule has 2 aliphatic heterocycles. The van der Waals surface area contributed by atoms with E-state index in [1.54, 1.807) is 24.3 Å². The number of piperidine rings is 1. The molecule has 3 aromatic rings. The molecule has 2 heterocycles. The molecule has 0 amide bonds. The van der Waals surface area contributed by atoms with Gasteiger partial charge in [-0.2, -0.15) is 0 Å². The largest absolute Gasteiger partial charge is 0.296 e. The predicted molar refractivity (Wildman–Crippen MR) is 117 cm³/mol. The Bertz CT molecular complexity index is 968. The zero-order valence-corrected chi connectivity index (χ0v) is 17.1. The molecular formula is C27H27F2N. The fourth-order valence-electron chi connectivity index (χ4n) is 5.76. The molecule has 2 saturated heterocycles. The van der Waals surface area contributed by atoms with E-state index in [9.17, 15) is 8.78 Å². The second kappa shape index (κ2) is 8.31. The molecule has 1 nitrogen and oxygen atoms in total. The van der Waals surface area contributed by atoms with Gasteiger partial charge in [0.15, 0.2) is 0 Å². The van der Waals surface area contributed by atoms with Crippen LogP contribution in [0.25, 0.3) is 0 Å². The Labute approximate surface area is 177 Å². The summed E-state index contributed by atoms with van der Waals surface area (Å²) in [7, 11) is 0. The van der Waals surface area contributed by atoms with Crippen molar-refractivity contribution >= 4 is 0 Å². The number of rotatable bonds is 5. The Hall–Kier alpha value is -2.52. The van der Waals surface area contributed by atoms with Gasteiger partial charge in [0.2, 0.25) is 0 Å². The van der Waals surface area contributed by atoms with Gasteiger partial charge in [-0.3, -0.25) is 4.90 Å². The fraction of sp³-hybridized carbons (Fsp3) is 0.333. The van der Waals surface area contributed by atoms with Gasteiger partial charge in [-0.25, -0.2) is 8.78 Å². The fourth-order valence-corrected chi connectivity index (χ4v) is 5.76. The molecule has 4 atom stereocenters. The highest BCUT2D eigenvalue weighted by atomic mass is 19.1. The number of halogens is 2. The minimum absolute atomic E-state index is 0.194. The monoisotopic (exact) mass is 403 g/mol. The summed E-state index contributed by atoms with van der Waals surface area (Å²) in [5.74, 6) is 0.241. The van der Waals surface area contributed by atoms with Crippen molar-refractivity contribution in [1.82, 2.24) is 4.90 Å². The molecule has 0 aliphatic carbocycles. The zero-order valence-electron chi connectivity index (χ0n) is 17.1. The highest BCUT2D eigenvalue weighted by Crippen LogP contribution is 2.51. The van der Waals surface area contributed by atoms with E-state index >= 15 is 0 Å². The molecule has 3 heteroatoms. The normalized spacial score (nSPS) is 26.1. The SMILES string of the molecule is Fc1ccc(C2CC3CCC(C2c2ccc(F)cc2)N3CCc2ccccc2)cc1. The third-order valence-electron chi connectivity index (χ3n) is 7.12. The summed E-state index contributed by atoms with van der Waals surface area (Å²) in [6.07, 6.45) is 4.48. The minimum atomic E-state index is -0.196. The molecule has 0 saturated carbocycles. The third-order valence-corrected chi connectivity index (χ3v) is 7.12. The molecule has 0 aromatic heterocycles. The van der Waals surface area contributed by atoms with E-state index in [0.717, 1.165) is 19.4 Å². The van der Waals surface area contributed by atoms with Crippen molar-refractivity contribution in [3.05, 3.63) is 107 Å². The average Bonchev–Trinajstić information content (AvgIpc) is 3.06. The zero-order chi connectivity index (χ0) is 20.5. The standard InChI is InChI=1S/C27H27F2N/c28-22-10-6-20(7-11-22)25-18-24-14-15-26(27(25)21-8-12-23(29)13-9-21)30(24)17-16-19-4-2-1-3-5-19/h1-13,24-27H,14-18H2. The van der Waals surface area contributed by atoms with Crippen LogP contribution in [-0.4, -0.2) is 23.5 Å². The van der Waals surface area contributed by atoms with Crippen molar-refractivity contribution in [1.29, 1.82) is 0 Å². The van der Waals surface area contributed by atoms with E-state index in [4.69, 9.17) is 0 Å². The predicted octanol–water partition coefficient (Wildman–Crippen LogP) is 6.31. The lowest BCUT2D eigenvalue weighted by Crippen LogP contribution is -2.47. The van der Waals surface area contributed by atoms with Crippen molar-refractivity contribution in [2.75, 3.05) is 6.54 Å². The van der Waals surface area contributed by atoms with Crippen molar-refractivity contribution in [3.8, 4) is 0 Å². The molecule has 3 aromatic carbocycles. The van der Waals surface area contributed by atoms with Gasteiger partial charge in [0.05, 0.1) is 0 Å². The maximum atomic E-state index is 13.6. The van der Waals surface area contributed by atoms with Gasteiger partial charge in [0.25, 0.3) is 0 Å². The summed E-state index contributed by atoms with van der Waals surface area (Å²) >= 11 is 0. The van der Waals surface area contributed by atoms with Crippen LogP contribution in [0, 0.1) is 11.6 Å². The highest BCUT2D eigenvalue weighted by molar-refractivity contribution is 5.33. The van der Waals surface area contributed by atoms with Crippen LogP contribution in [-0.2, 0) is 6.42 Å². The Kier molecular flexibility index (Phi) is 5.39. The van der Waals surface area contributed by atoms with Gasteiger partial charge in [-0.15, -0.1) is 0 Å². The first kappa shape index (κ1) is 19.4. The Morgan fingerprint density at radius 2 is 1.37 bits per heavy atom. The summed E-state index contributed by atoms with van der Waals surface area (Å²) in [4.78, 5) is 2.70. The molecule has 0 N–H and O–H groups in total. The average molecular weight is 404 g/mol. The molecule has 30 heavy (non-hydrogen) atoms. The first-order chi connectivity index (χ1) is 14.7. The maximum Gasteiger partial charge on any atom is 0.123 e. The Morgan fingerprint density at radius 1 is 0.733 bits per heavy atom. The lowest BCUT2D eigenvalue weighted by atomic mass is 9.72. The second-order valence-electron chi connectivity index (χ2n) is 8.74. The molecule has 4 unspecified atom stereocenters. The van der Waals surface area contributed by atoms with Crippen LogP contribution >= 0.6 is 0 Å². The van der Waals surface area contributed by atoms with Gasteiger partial charge >= 0.3 is 0 Å². The molecular weight excluding hydrogens is 376 g/mol. The van der Waals surface area contributed by atoms with Crippen LogP contribution in [0.5, 0.6) is 0 Å². The van der Waals surface area contributed by atoms with Crippen molar-refractivity contribution in [3.63, 3.8) is 0 Å². The summed E-state index contributed by atoms with van der Waals surface area (Å²) in [6.45, 7) is 1.05. The van der Waals surface area contributed by atoms with Crippen LogP contribution < -0.4 is 0 Å². The minimum Gasteiger partial charge on any atom is -0.296 e. The van der Waals surface area contributed by atoms with E-state index in [1.807, 2.05) is 24.3 Å². The third kappa shape index (κ3) is 3.79. The van der Waals surface area contributed by atoms with Gasteiger partial charge in [0, 0.05) is 24.5 Å². The number of nitrogens with zero attached hydrogens (tertiary/aromatic N) is 1. The first-order valence-electron chi connectivity index (χ1n) is 11.0.